The average molecular weight is 295 g/mol. The minimum absolute atomic E-state index is 0.100. The van der Waals surface area contributed by atoms with E-state index in [-0.39, 0.29) is 17.5 Å². The Morgan fingerprint density at radius 1 is 1.29 bits per heavy atom. The van der Waals surface area contributed by atoms with Crippen LogP contribution in [0.1, 0.15) is 32.3 Å². The van der Waals surface area contributed by atoms with E-state index in [2.05, 4.69) is 12.2 Å². The van der Waals surface area contributed by atoms with E-state index in [4.69, 9.17) is 9.47 Å². The normalized spacial score (nSPS) is 19.4. The van der Waals surface area contributed by atoms with Crippen LogP contribution in [-0.4, -0.2) is 38.0 Å². The number of nitrogens with one attached hydrogen (secondary N) is 1. The summed E-state index contributed by atoms with van der Waals surface area (Å²) in [5.41, 5.74) is 0.486. The molecule has 1 saturated heterocycles. The second-order valence-corrected chi connectivity index (χ2v) is 5.52. The van der Waals surface area contributed by atoms with Crippen LogP contribution in [0.2, 0.25) is 0 Å². The fourth-order valence-electron chi connectivity index (χ4n) is 3.17. The highest BCUT2D eigenvalue weighted by Gasteiger charge is 2.41. The SMILES string of the molecule is CCNC(Cc1ccccc1F)C1(OCC)CCOCC1. The van der Waals surface area contributed by atoms with Crippen LogP contribution >= 0.6 is 0 Å². The monoisotopic (exact) mass is 295 g/mol. The van der Waals surface area contributed by atoms with E-state index in [0.29, 0.717) is 26.2 Å². The second-order valence-electron chi connectivity index (χ2n) is 5.52. The van der Waals surface area contributed by atoms with Gasteiger partial charge in [0.05, 0.1) is 5.60 Å². The fraction of sp³-hybridized carbons (Fsp3) is 0.647. The molecule has 4 heteroatoms. The molecule has 0 aliphatic carbocycles. The Morgan fingerprint density at radius 3 is 2.62 bits per heavy atom. The third-order valence-electron chi connectivity index (χ3n) is 4.24. The van der Waals surface area contributed by atoms with Crippen LogP contribution in [0.4, 0.5) is 4.39 Å². The summed E-state index contributed by atoms with van der Waals surface area (Å²) >= 11 is 0. The molecule has 1 N–H and O–H groups in total. The summed E-state index contributed by atoms with van der Waals surface area (Å²) in [6.07, 6.45) is 2.35. The quantitative estimate of drug-likeness (QED) is 0.839. The fourth-order valence-corrected chi connectivity index (χ4v) is 3.17. The van der Waals surface area contributed by atoms with Gasteiger partial charge in [0.1, 0.15) is 5.82 Å². The minimum Gasteiger partial charge on any atom is -0.381 e. The van der Waals surface area contributed by atoms with Crippen LogP contribution < -0.4 is 5.32 Å². The first-order valence-corrected chi connectivity index (χ1v) is 7.90. The first-order valence-electron chi connectivity index (χ1n) is 7.90. The molecule has 1 fully saturated rings. The lowest BCUT2D eigenvalue weighted by Crippen LogP contribution is -2.56. The van der Waals surface area contributed by atoms with Gasteiger partial charge in [0.15, 0.2) is 0 Å². The Kier molecular flexibility index (Phi) is 6.15. The van der Waals surface area contributed by atoms with Crippen molar-refractivity contribution in [2.75, 3.05) is 26.4 Å². The molecule has 0 bridgehead atoms. The molecule has 21 heavy (non-hydrogen) atoms. The number of halogens is 1. The molecule has 0 radical (unpaired) electrons. The van der Waals surface area contributed by atoms with Crippen LogP contribution in [0, 0.1) is 5.82 Å². The van der Waals surface area contributed by atoms with E-state index >= 15 is 0 Å². The number of benzene rings is 1. The Morgan fingerprint density at radius 2 is 2.00 bits per heavy atom. The van der Waals surface area contributed by atoms with E-state index in [1.807, 2.05) is 19.1 Å². The maximum atomic E-state index is 14.0. The van der Waals surface area contributed by atoms with Gasteiger partial charge < -0.3 is 14.8 Å². The Hall–Kier alpha value is -0.970. The number of ether oxygens (including phenoxy) is 2. The highest BCUT2D eigenvalue weighted by Crippen LogP contribution is 2.31. The molecular formula is C17H26FNO2. The molecule has 1 aliphatic rings. The molecule has 1 heterocycles. The summed E-state index contributed by atoms with van der Waals surface area (Å²) in [6, 6.07) is 7.10. The standard InChI is InChI=1S/C17H26FNO2/c1-3-19-16(13-14-7-5-6-8-15(14)18)17(21-4-2)9-11-20-12-10-17/h5-8,16,19H,3-4,9-13H2,1-2H3. The van der Waals surface area contributed by atoms with E-state index < -0.39 is 0 Å². The third-order valence-corrected chi connectivity index (χ3v) is 4.24. The number of hydrogen-bond donors (Lipinski definition) is 1. The predicted molar refractivity (Wildman–Crippen MR) is 82.0 cm³/mol. The maximum absolute atomic E-state index is 14.0. The molecule has 1 aliphatic heterocycles. The van der Waals surface area contributed by atoms with Crippen LogP contribution in [0.3, 0.4) is 0 Å². The first kappa shape index (κ1) is 16.4. The zero-order chi connectivity index (χ0) is 15.1. The van der Waals surface area contributed by atoms with Crippen molar-refractivity contribution in [1.29, 1.82) is 0 Å². The van der Waals surface area contributed by atoms with Crippen molar-refractivity contribution < 1.29 is 13.9 Å². The topological polar surface area (TPSA) is 30.5 Å². The smallest absolute Gasteiger partial charge is 0.126 e. The molecule has 0 aromatic heterocycles. The molecular weight excluding hydrogens is 269 g/mol. The van der Waals surface area contributed by atoms with Crippen molar-refractivity contribution in [3.05, 3.63) is 35.6 Å². The predicted octanol–water partition coefficient (Wildman–Crippen LogP) is 2.93. The van der Waals surface area contributed by atoms with Gasteiger partial charge >= 0.3 is 0 Å². The van der Waals surface area contributed by atoms with Crippen molar-refractivity contribution in [1.82, 2.24) is 5.32 Å². The van der Waals surface area contributed by atoms with E-state index in [1.54, 1.807) is 6.07 Å². The zero-order valence-electron chi connectivity index (χ0n) is 13.0. The summed E-state index contributed by atoms with van der Waals surface area (Å²) < 4.78 is 25.6. The van der Waals surface area contributed by atoms with E-state index in [9.17, 15) is 4.39 Å². The van der Waals surface area contributed by atoms with Crippen LogP contribution in [0.5, 0.6) is 0 Å². The van der Waals surface area contributed by atoms with Crippen molar-refractivity contribution in [2.24, 2.45) is 0 Å². The molecule has 1 atom stereocenters. The number of likely N-dealkylation sites (N-methyl/N-ethyl adjacent to an activating group) is 1. The van der Waals surface area contributed by atoms with Crippen LogP contribution in [0.25, 0.3) is 0 Å². The van der Waals surface area contributed by atoms with Crippen molar-refractivity contribution >= 4 is 0 Å². The highest BCUT2D eigenvalue weighted by molar-refractivity contribution is 5.19. The molecule has 0 saturated carbocycles. The molecule has 1 unspecified atom stereocenters. The van der Waals surface area contributed by atoms with Crippen molar-refractivity contribution in [2.45, 2.75) is 44.8 Å². The van der Waals surface area contributed by atoms with Gasteiger partial charge in [-0.2, -0.15) is 0 Å². The summed E-state index contributed by atoms with van der Waals surface area (Å²) in [6.45, 7) is 7.02. The lowest BCUT2D eigenvalue weighted by molar-refractivity contribution is -0.126. The Balaban J connectivity index is 2.21. The van der Waals surface area contributed by atoms with E-state index in [0.717, 1.165) is 24.9 Å². The van der Waals surface area contributed by atoms with E-state index in [1.165, 1.54) is 6.07 Å². The average Bonchev–Trinajstić information content (AvgIpc) is 2.50. The second kappa shape index (κ2) is 7.87. The molecule has 3 nitrogen and oxygen atoms in total. The van der Waals surface area contributed by atoms with Gasteiger partial charge in [0, 0.05) is 38.7 Å². The van der Waals surface area contributed by atoms with Gasteiger partial charge in [-0.15, -0.1) is 0 Å². The molecule has 1 aromatic rings. The van der Waals surface area contributed by atoms with Crippen LogP contribution in [0.15, 0.2) is 24.3 Å². The third kappa shape index (κ3) is 4.02. The van der Waals surface area contributed by atoms with Gasteiger partial charge in [-0.3, -0.25) is 0 Å². The zero-order valence-corrected chi connectivity index (χ0v) is 13.0. The maximum Gasteiger partial charge on any atom is 0.126 e. The lowest BCUT2D eigenvalue weighted by atomic mass is 9.82. The van der Waals surface area contributed by atoms with Crippen molar-refractivity contribution in [3.8, 4) is 0 Å². The highest BCUT2D eigenvalue weighted by atomic mass is 19.1. The van der Waals surface area contributed by atoms with Crippen LogP contribution in [-0.2, 0) is 15.9 Å². The van der Waals surface area contributed by atoms with Gasteiger partial charge in [0.2, 0.25) is 0 Å². The summed E-state index contributed by atoms with van der Waals surface area (Å²) in [5.74, 6) is -0.140. The van der Waals surface area contributed by atoms with Gasteiger partial charge in [-0.05, 0) is 31.5 Å². The molecule has 118 valence electrons. The number of hydrogen-bond acceptors (Lipinski definition) is 3. The molecule has 0 spiro atoms. The van der Waals surface area contributed by atoms with Gasteiger partial charge in [0.25, 0.3) is 0 Å². The molecule has 2 rings (SSSR count). The molecule has 1 aromatic carbocycles. The molecule has 0 amide bonds. The Labute approximate surface area is 126 Å². The minimum atomic E-state index is -0.259. The summed E-state index contributed by atoms with van der Waals surface area (Å²) in [5, 5.41) is 3.51. The van der Waals surface area contributed by atoms with Gasteiger partial charge in [-0.25, -0.2) is 4.39 Å². The lowest BCUT2D eigenvalue weighted by Gasteiger charge is -2.43. The summed E-state index contributed by atoms with van der Waals surface area (Å²) in [4.78, 5) is 0. The Bertz CT molecular complexity index is 427. The summed E-state index contributed by atoms with van der Waals surface area (Å²) in [7, 11) is 0. The van der Waals surface area contributed by atoms with Crippen molar-refractivity contribution in [3.63, 3.8) is 0 Å². The number of rotatable bonds is 7. The first-order chi connectivity index (χ1) is 10.2. The van der Waals surface area contributed by atoms with Gasteiger partial charge in [-0.1, -0.05) is 25.1 Å². The largest absolute Gasteiger partial charge is 0.381 e.